The van der Waals surface area contributed by atoms with Gasteiger partial charge in [0.05, 0.1) is 12.7 Å². The predicted molar refractivity (Wildman–Crippen MR) is 110 cm³/mol. The lowest BCUT2D eigenvalue weighted by atomic mass is 9.56. The van der Waals surface area contributed by atoms with E-state index in [4.69, 9.17) is 9.47 Å². The number of likely N-dealkylation sites (tertiary alicyclic amines) is 1. The lowest BCUT2D eigenvalue weighted by Crippen LogP contribution is -2.67. The van der Waals surface area contributed by atoms with E-state index in [-0.39, 0.29) is 17.6 Å². The third kappa shape index (κ3) is 4.00. The highest BCUT2D eigenvalue weighted by Gasteiger charge is 2.58. The number of nitrogens with zero attached hydrogens (tertiary/aromatic N) is 1. The zero-order chi connectivity index (χ0) is 20.6. The first kappa shape index (κ1) is 21.0. The summed E-state index contributed by atoms with van der Waals surface area (Å²) in [5.74, 6) is 0.816. The number of benzene rings is 1. The van der Waals surface area contributed by atoms with Crippen molar-refractivity contribution in [2.75, 3.05) is 13.7 Å². The van der Waals surface area contributed by atoms with Crippen LogP contribution in [-0.2, 0) is 11.2 Å². The number of methoxy groups -OCH3 is 1. The maximum absolute atomic E-state index is 13.0. The fourth-order valence-corrected chi connectivity index (χ4v) is 4.98. The maximum atomic E-state index is 13.0. The Labute approximate surface area is 169 Å². The number of aliphatic hydroxyl groups is 1. The van der Waals surface area contributed by atoms with Gasteiger partial charge in [-0.25, -0.2) is 4.79 Å². The Morgan fingerprint density at radius 3 is 2.43 bits per heavy atom. The number of carbonyl (C=O) groups excluding carboxylic acids is 1. The molecule has 0 bridgehead atoms. The Morgan fingerprint density at radius 2 is 1.82 bits per heavy atom. The third-order valence-electron chi connectivity index (χ3n) is 6.69. The van der Waals surface area contributed by atoms with Crippen LogP contribution in [0.1, 0.15) is 65.4 Å². The summed E-state index contributed by atoms with van der Waals surface area (Å²) in [7, 11) is 1.66. The van der Waals surface area contributed by atoms with Gasteiger partial charge in [0.1, 0.15) is 11.4 Å². The van der Waals surface area contributed by atoms with Crippen LogP contribution >= 0.6 is 0 Å². The number of hydrogen-bond acceptors (Lipinski definition) is 4. The molecule has 3 rings (SSSR count). The normalized spacial score (nSPS) is 30.5. The highest BCUT2D eigenvalue weighted by Crippen LogP contribution is 2.53. The maximum Gasteiger partial charge on any atom is 0.410 e. The molecular formula is C23H35NO4. The molecule has 1 heterocycles. The van der Waals surface area contributed by atoms with Gasteiger partial charge in [0.2, 0.25) is 0 Å². The topological polar surface area (TPSA) is 59.0 Å². The van der Waals surface area contributed by atoms with Crippen LogP contribution < -0.4 is 4.74 Å². The van der Waals surface area contributed by atoms with Gasteiger partial charge in [0.15, 0.2) is 0 Å². The Hall–Kier alpha value is -1.75. The van der Waals surface area contributed by atoms with Crippen LogP contribution in [0.3, 0.4) is 0 Å². The fourth-order valence-electron chi connectivity index (χ4n) is 4.98. The van der Waals surface area contributed by atoms with Gasteiger partial charge < -0.3 is 19.5 Å². The van der Waals surface area contributed by atoms with Crippen LogP contribution in [0.5, 0.6) is 5.75 Å². The quantitative estimate of drug-likeness (QED) is 0.823. The van der Waals surface area contributed by atoms with Crippen molar-refractivity contribution in [2.24, 2.45) is 5.41 Å². The molecule has 1 aromatic carbocycles. The molecule has 1 saturated heterocycles. The van der Waals surface area contributed by atoms with E-state index in [0.29, 0.717) is 19.4 Å². The summed E-state index contributed by atoms with van der Waals surface area (Å²) in [5.41, 5.74) is -0.472. The number of amides is 1. The number of rotatable bonds is 3. The smallest absolute Gasteiger partial charge is 0.410 e. The largest absolute Gasteiger partial charge is 0.497 e. The van der Waals surface area contributed by atoms with E-state index >= 15 is 0 Å². The molecular weight excluding hydrogens is 354 g/mol. The molecule has 156 valence electrons. The summed E-state index contributed by atoms with van der Waals surface area (Å²) in [6, 6.07) is 7.89. The average Bonchev–Trinajstić information content (AvgIpc) is 2.62. The van der Waals surface area contributed by atoms with E-state index in [0.717, 1.165) is 37.0 Å². The van der Waals surface area contributed by atoms with Crippen LogP contribution in [0.4, 0.5) is 4.79 Å². The Kier molecular flexibility index (Phi) is 5.68. The molecule has 0 unspecified atom stereocenters. The van der Waals surface area contributed by atoms with Crippen LogP contribution in [0, 0.1) is 5.41 Å². The van der Waals surface area contributed by atoms with Crippen molar-refractivity contribution in [1.29, 1.82) is 0 Å². The van der Waals surface area contributed by atoms with Gasteiger partial charge in [-0.05, 0) is 64.2 Å². The second-order valence-electron chi connectivity index (χ2n) is 9.65. The average molecular weight is 390 g/mol. The molecule has 28 heavy (non-hydrogen) atoms. The van der Waals surface area contributed by atoms with Crippen molar-refractivity contribution in [2.45, 2.75) is 83.5 Å². The minimum absolute atomic E-state index is 0.102. The van der Waals surface area contributed by atoms with Gasteiger partial charge in [-0.2, -0.15) is 0 Å². The summed E-state index contributed by atoms with van der Waals surface area (Å²) in [4.78, 5) is 14.9. The van der Waals surface area contributed by atoms with Crippen LogP contribution in [0.25, 0.3) is 0 Å². The zero-order valence-corrected chi connectivity index (χ0v) is 18.0. The highest BCUT2D eigenvalue weighted by atomic mass is 16.6. The first-order chi connectivity index (χ1) is 13.1. The van der Waals surface area contributed by atoms with Gasteiger partial charge in [0.25, 0.3) is 0 Å². The van der Waals surface area contributed by atoms with E-state index in [2.05, 4.69) is 6.92 Å². The molecule has 0 spiro atoms. The van der Waals surface area contributed by atoms with E-state index in [1.54, 1.807) is 7.11 Å². The molecule has 5 nitrogen and oxygen atoms in total. The summed E-state index contributed by atoms with van der Waals surface area (Å²) >= 11 is 0. The Morgan fingerprint density at radius 1 is 1.18 bits per heavy atom. The van der Waals surface area contributed by atoms with E-state index in [1.165, 1.54) is 0 Å². The lowest BCUT2D eigenvalue weighted by Gasteiger charge is -2.59. The van der Waals surface area contributed by atoms with Crippen LogP contribution in [0.15, 0.2) is 24.3 Å². The van der Waals surface area contributed by atoms with Crippen molar-refractivity contribution >= 4 is 6.09 Å². The van der Waals surface area contributed by atoms with Crippen LogP contribution in [0.2, 0.25) is 0 Å². The SMILES string of the molecule is COc1ccc(C[C@@H]2N(C(=O)OC(C)(C)C)CC[C@]3(O)CCCC[C@]23C)cc1. The molecule has 1 amide bonds. The molecule has 1 N–H and O–H groups in total. The predicted octanol–water partition coefficient (Wildman–Crippen LogP) is 4.56. The minimum atomic E-state index is -0.721. The van der Waals surface area contributed by atoms with Crippen molar-refractivity contribution in [3.63, 3.8) is 0 Å². The second-order valence-corrected chi connectivity index (χ2v) is 9.65. The number of piperidine rings is 1. The van der Waals surface area contributed by atoms with Crippen LogP contribution in [-0.4, -0.2) is 47.0 Å². The molecule has 2 fully saturated rings. The summed E-state index contributed by atoms with van der Waals surface area (Å²) in [6.45, 7) is 8.38. The summed E-state index contributed by atoms with van der Waals surface area (Å²) < 4.78 is 11.0. The molecule has 0 radical (unpaired) electrons. The summed E-state index contributed by atoms with van der Waals surface area (Å²) in [5, 5.41) is 11.5. The molecule has 1 aromatic rings. The van der Waals surface area contributed by atoms with E-state index < -0.39 is 11.2 Å². The van der Waals surface area contributed by atoms with Gasteiger partial charge in [-0.1, -0.05) is 31.9 Å². The van der Waals surface area contributed by atoms with Gasteiger partial charge >= 0.3 is 6.09 Å². The van der Waals surface area contributed by atoms with Crippen molar-refractivity contribution in [1.82, 2.24) is 4.90 Å². The lowest BCUT2D eigenvalue weighted by molar-refractivity contribution is -0.175. The van der Waals surface area contributed by atoms with E-state index in [1.807, 2.05) is 49.9 Å². The first-order valence-corrected chi connectivity index (χ1v) is 10.4. The Bertz CT molecular complexity index is 696. The monoisotopic (exact) mass is 389 g/mol. The van der Waals surface area contributed by atoms with Gasteiger partial charge in [-0.15, -0.1) is 0 Å². The second kappa shape index (κ2) is 7.58. The fraction of sp³-hybridized carbons (Fsp3) is 0.696. The molecule has 5 heteroatoms. The molecule has 2 aliphatic rings. The molecule has 1 aliphatic carbocycles. The third-order valence-corrected chi connectivity index (χ3v) is 6.69. The number of carbonyl (C=O) groups is 1. The van der Waals surface area contributed by atoms with Crippen molar-refractivity contribution in [3.05, 3.63) is 29.8 Å². The zero-order valence-electron chi connectivity index (χ0n) is 18.0. The molecule has 3 atom stereocenters. The number of ether oxygens (including phenoxy) is 2. The highest BCUT2D eigenvalue weighted by molar-refractivity contribution is 5.69. The Balaban J connectivity index is 1.93. The number of hydrogen-bond donors (Lipinski definition) is 1. The molecule has 1 saturated carbocycles. The summed E-state index contributed by atoms with van der Waals surface area (Å²) in [6.07, 6.45) is 4.89. The van der Waals surface area contributed by atoms with E-state index in [9.17, 15) is 9.90 Å². The van der Waals surface area contributed by atoms with Gasteiger partial charge in [-0.3, -0.25) is 0 Å². The number of fused-ring (bicyclic) bond motifs is 1. The standard InChI is InChI=1S/C23H35NO4/c1-21(2,3)28-20(25)24-15-14-23(26)13-7-6-12-22(23,4)19(24)16-17-8-10-18(27-5)11-9-17/h8-11,19,26H,6-7,12-16H2,1-5H3/t19-,22+,23+/m0/s1. The first-order valence-electron chi connectivity index (χ1n) is 10.4. The van der Waals surface area contributed by atoms with Crippen molar-refractivity contribution < 1.29 is 19.4 Å². The minimum Gasteiger partial charge on any atom is -0.497 e. The molecule has 1 aliphatic heterocycles. The molecule has 0 aromatic heterocycles. The van der Waals surface area contributed by atoms with Crippen molar-refractivity contribution in [3.8, 4) is 5.75 Å². The van der Waals surface area contributed by atoms with Gasteiger partial charge in [0, 0.05) is 18.0 Å².